The fraction of sp³-hybridized carbons (Fsp3) is 0.300. The minimum atomic E-state index is 0.546. The molecule has 16 heavy (non-hydrogen) atoms. The second-order valence-electron chi connectivity index (χ2n) is 3.15. The summed E-state index contributed by atoms with van der Waals surface area (Å²) >= 11 is 0. The van der Waals surface area contributed by atoms with E-state index in [1.54, 1.807) is 24.7 Å². The highest BCUT2D eigenvalue weighted by molar-refractivity contribution is 5.41. The van der Waals surface area contributed by atoms with Gasteiger partial charge in [0, 0.05) is 12.6 Å². The van der Waals surface area contributed by atoms with Crippen molar-refractivity contribution in [1.82, 2.24) is 15.1 Å². The molecule has 0 radical (unpaired) electrons. The molecule has 0 atom stereocenters. The van der Waals surface area contributed by atoms with Crippen molar-refractivity contribution in [1.29, 1.82) is 0 Å². The Morgan fingerprint density at radius 3 is 2.75 bits per heavy atom. The molecule has 0 amide bonds. The Kier molecular flexibility index (Phi) is 3.32. The molecule has 2 aromatic rings. The first-order valence-corrected chi connectivity index (χ1v) is 5.08. The lowest BCUT2D eigenvalue weighted by molar-refractivity contribution is 0.388. The molecule has 0 fully saturated rings. The van der Waals surface area contributed by atoms with Crippen LogP contribution in [-0.4, -0.2) is 21.7 Å². The van der Waals surface area contributed by atoms with Gasteiger partial charge in [0.1, 0.15) is 11.6 Å². The summed E-state index contributed by atoms with van der Waals surface area (Å²) in [7, 11) is 0. The lowest BCUT2D eigenvalue weighted by Crippen LogP contribution is -2.04. The van der Waals surface area contributed by atoms with Gasteiger partial charge in [-0.15, -0.1) is 0 Å². The summed E-state index contributed by atoms with van der Waals surface area (Å²) in [5.41, 5.74) is 0. The van der Waals surface area contributed by atoms with Crippen LogP contribution in [0.2, 0.25) is 0 Å². The standard InChI is InChI=1S/C10H13N5O/c1-2-12-9-6-11-7-10(15-9)13-5-8-3-4-14-16-8/h3-4,6-7H,2,5H2,1H3,(H2,12,13,15). The highest BCUT2D eigenvalue weighted by Gasteiger charge is 1.99. The second-order valence-corrected chi connectivity index (χ2v) is 3.15. The van der Waals surface area contributed by atoms with Crippen LogP contribution >= 0.6 is 0 Å². The Morgan fingerprint density at radius 1 is 1.25 bits per heavy atom. The number of aromatic nitrogens is 3. The highest BCUT2D eigenvalue weighted by Crippen LogP contribution is 2.08. The van der Waals surface area contributed by atoms with Crippen LogP contribution in [0.4, 0.5) is 11.6 Å². The average molecular weight is 219 g/mol. The van der Waals surface area contributed by atoms with E-state index in [0.29, 0.717) is 12.4 Å². The summed E-state index contributed by atoms with van der Waals surface area (Å²) in [6.45, 7) is 3.38. The molecule has 0 aliphatic rings. The molecule has 0 aliphatic carbocycles. The van der Waals surface area contributed by atoms with Crippen LogP contribution in [0, 0.1) is 0 Å². The molecule has 0 bridgehead atoms. The number of nitrogens with one attached hydrogen (secondary N) is 2. The molecule has 0 aliphatic heterocycles. The molecule has 2 rings (SSSR count). The van der Waals surface area contributed by atoms with Crippen molar-refractivity contribution < 1.29 is 4.52 Å². The van der Waals surface area contributed by atoms with Crippen molar-refractivity contribution in [2.45, 2.75) is 13.5 Å². The number of rotatable bonds is 5. The van der Waals surface area contributed by atoms with Gasteiger partial charge in [0.2, 0.25) is 0 Å². The van der Waals surface area contributed by atoms with Gasteiger partial charge in [-0.25, -0.2) is 4.98 Å². The summed E-state index contributed by atoms with van der Waals surface area (Å²) in [5.74, 6) is 2.22. The molecule has 6 nitrogen and oxygen atoms in total. The van der Waals surface area contributed by atoms with Crippen LogP contribution in [0.1, 0.15) is 12.7 Å². The smallest absolute Gasteiger partial charge is 0.155 e. The molecular formula is C10H13N5O. The van der Waals surface area contributed by atoms with E-state index in [1.807, 2.05) is 6.92 Å². The zero-order valence-electron chi connectivity index (χ0n) is 8.97. The molecule has 2 N–H and O–H groups in total. The largest absolute Gasteiger partial charge is 0.369 e. The summed E-state index contributed by atoms with van der Waals surface area (Å²) in [6, 6.07) is 1.80. The normalized spacial score (nSPS) is 10.1. The van der Waals surface area contributed by atoms with Gasteiger partial charge in [0.25, 0.3) is 0 Å². The van der Waals surface area contributed by atoms with E-state index in [-0.39, 0.29) is 0 Å². The van der Waals surface area contributed by atoms with Crippen molar-refractivity contribution in [3.63, 3.8) is 0 Å². The lowest BCUT2D eigenvalue weighted by Gasteiger charge is -2.05. The average Bonchev–Trinajstić information content (AvgIpc) is 2.80. The van der Waals surface area contributed by atoms with Gasteiger partial charge < -0.3 is 15.2 Å². The monoisotopic (exact) mass is 219 g/mol. The Hall–Kier alpha value is -2.11. The van der Waals surface area contributed by atoms with Crippen LogP contribution in [0.25, 0.3) is 0 Å². The van der Waals surface area contributed by atoms with Crippen molar-refractivity contribution >= 4 is 11.6 Å². The maximum atomic E-state index is 4.96. The van der Waals surface area contributed by atoms with E-state index in [9.17, 15) is 0 Å². The van der Waals surface area contributed by atoms with Gasteiger partial charge in [-0.2, -0.15) is 0 Å². The first-order chi connectivity index (χ1) is 7.88. The quantitative estimate of drug-likeness (QED) is 0.793. The SMILES string of the molecule is CCNc1cncc(NCc2ccno2)n1. The number of nitrogens with zero attached hydrogens (tertiary/aromatic N) is 3. The Labute approximate surface area is 93.1 Å². The second kappa shape index (κ2) is 5.11. The van der Waals surface area contributed by atoms with E-state index < -0.39 is 0 Å². The zero-order chi connectivity index (χ0) is 11.2. The molecule has 0 spiro atoms. The van der Waals surface area contributed by atoms with Gasteiger partial charge in [-0.3, -0.25) is 4.98 Å². The Morgan fingerprint density at radius 2 is 2.06 bits per heavy atom. The summed E-state index contributed by atoms with van der Waals surface area (Å²) in [4.78, 5) is 8.38. The van der Waals surface area contributed by atoms with Crippen molar-refractivity contribution in [2.75, 3.05) is 17.2 Å². The minimum Gasteiger partial charge on any atom is -0.369 e. The maximum Gasteiger partial charge on any atom is 0.155 e. The molecular weight excluding hydrogens is 206 g/mol. The summed E-state index contributed by atoms with van der Waals surface area (Å²) in [6.07, 6.45) is 4.96. The van der Waals surface area contributed by atoms with Crippen LogP contribution < -0.4 is 10.6 Å². The predicted molar refractivity (Wildman–Crippen MR) is 60.0 cm³/mol. The van der Waals surface area contributed by atoms with Crippen molar-refractivity contribution in [2.24, 2.45) is 0 Å². The van der Waals surface area contributed by atoms with E-state index in [4.69, 9.17) is 4.52 Å². The van der Waals surface area contributed by atoms with E-state index in [1.165, 1.54) is 0 Å². The van der Waals surface area contributed by atoms with Crippen LogP contribution in [0.5, 0.6) is 0 Å². The first-order valence-electron chi connectivity index (χ1n) is 5.08. The van der Waals surface area contributed by atoms with E-state index in [0.717, 1.165) is 18.1 Å². The predicted octanol–water partition coefficient (Wildman–Crippen LogP) is 1.51. The lowest BCUT2D eigenvalue weighted by atomic mass is 10.4. The third-order valence-electron chi connectivity index (χ3n) is 1.93. The molecule has 2 heterocycles. The molecule has 0 unspecified atom stereocenters. The van der Waals surface area contributed by atoms with Crippen molar-refractivity contribution in [3.05, 3.63) is 30.4 Å². The zero-order valence-corrected chi connectivity index (χ0v) is 8.97. The fourth-order valence-corrected chi connectivity index (χ4v) is 1.23. The number of hydrogen-bond donors (Lipinski definition) is 2. The number of hydrogen-bond acceptors (Lipinski definition) is 6. The fourth-order valence-electron chi connectivity index (χ4n) is 1.23. The van der Waals surface area contributed by atoms with Crippen LogP contribution in [0.3, 0.4) is 0 Å². The molecule has 84 valence electrons. The minimum absolute atomic E-state index is 0.546. The van der Waals surface area contributed by atoms with Crippen molar-refractivity contribution in [3.8, 4) is 0 Å². The topological polar surface area (TPSA) is 75.9 Å². The van der Waals surface area contributed by atoms with Crippen LogP contribution in [-0.2, 0) is 6.54 Å². The van der Waals surface area contributed by atoms with Gasteiger partial charge in [-0.05, 0) is 6.92 Å². The van der Waals surface area contributed by atoms with Crippen LogP contribution in [0.15, 0.2) is 29.2 Å². The molecule has 0 saturated heterocycles. The van der Waals surface area contributed by atoms with E-state index >= 15 is 0 Å². The molecule has 0 saturated carbocycles. The highest BCUT2D eigenvalue weighted by atomic mass is 16.5. The van der Waals surface area contributed by atoms with Gasteiger partial charge in [-0.1, -0.05) is 5.16 Å². The Bertz CT molecular complexity index is 429. The Balaban J connectivity index is 1.96. The molecule has 0 aromatic carbocycles. The van der Waals surface area contributed by atoms with Gasteiger partial charge in [0.05, 0.1) is 25.1 Å². The molecule has 6 heteroatoms. The summed E-state index contributed by atoms with van der Waals surface area (Å²) in [5, 5.41) is 9.81. The summed E-state index contributed by atoms with van der Waals surface area (Å²) < 4.78 is 4.96. The van der Waals surface area contributed by atoms with Gasteiger partial charge in [0.15, 0.2) is 5.76 Å². The first kappa shape index (κ1) is 10.4. The third kappa shape index (κ3) is 2.69. The maximum absolute atomic E-state index is 4.96. The van der Waals surface area contributed by atoms with E-state index in [2.05, 4.69) is 25.8 Å². The number of anilines is 2. The van der Waals surface area contributed by atoms with Gasteiger partial charge >= 0.3 is 0 Å². The molecule has 2 aromatic heterocycles. The third-order valence-corrected chi connectivity index (χ3v) is 1.93.